The quantitative estimate of drug-likeness (QED) is 0.417. The normalized spacial score (nSPS) is 11.9. The van der Waals surface area contributed by atoms with Gasteiger partial charge in [-0.15, -0.1) is 0 Å². The van der Waals surface area contributed by atoms with E-state index in [2.05, 4.69) is 0 Å². The van der Waals surface area contributed by atoms with Crippen molar-refractivity contribution in [3.8, 4) is 0 Å². The van der Waals surface area contributed by atoms with Gasteiger partial charge in [0.25, 0.3) is 0 Å². The summed E-state index contributed by atoms with van der Waals surface area (Å²) in [5, 5.41) is 10.2. The molecule has 0 aliphatic heterocycles. The Balaban J connectivity index is 2.66. The smallest absolute Gasteiger partial charge is 0.243 e. The number of nitro groups is 1. The van der Waals surface area contributed by atoms with E-state index in [0.717, 1.165) is 5.56 Å². The van der Waals surface area contributed by atoms with Crippen molar-refractivity contribution in [2.45, 2.75) is 6.92 Å². The lowest BCUT2D eigenvalue weighted by Crippen LogP contribution is -1.91. The third kappa shape index (κ3) is 3.23. The molecule has 0 bridgehead atoms. The van der Waals surface area contributed by atoms with Gasteiger partial charge in [-0.1, -0.05) is 42.5 Å². The van der Waals surface area contributed by atoms with E-state index in [9.17, 15) is 10.1 Å². The van der Waals surface area contributed by atoms with Gasteiger partial charge in [0.15, 0.2) is 0 Å². The second kappa shape index (κ2) is 4.97. The van der Waals surface area contributed by atoms with Gasteiger partial charge in [-0.2, -0.15) is 0 Å². The second-order valence-electron chi connectivity index (χ2n) is 2.83. The first kappa shape index (κ1) is 10.2. The van der Waals surface area contributed by atoms with Crippen LogP contribution in [-0.2, 0) is 0 Å². The summed E-state index contributed by atoms with van der Waals surface area (Å²) >= 11 is 0. The molecule has 0 heterocycles. The molecule has 0 amide bonds. The Kier molecular flexibility index (Phi) is 3.61. The number of hydrogen-bond acceptors (Lipinski definition) is 2. The molecule has 0 spiro atoms. The zero-order chi connectivity index (χ0) is 10.4. The summed E-state index contributed by atoms with van der Waals surface area (Å²) in [4.78, 5) is 9.84. The van der Waals surface area contributed by atoms with E-state index in [1.54, 1.807) is 6.08 Å². The predicted molar refractivity (Wildman–Crippen MR) is 56.2 cm³/mol. The van der Waals surface area contributed by atoms with E-state index < -0.39 is 4.92 Å². The highest BCUT2D eigenvalue weighted by molar-refractivity contribution is 5.50. The van der Waals surface area contributed by atoms with E-state index in [4.69, 9.17) is 0 Å². The third-order valence-electron chi connectivity index (χ3n) is 1.71. The molecule has 0 saturated heterocycles. The van der Waals surface area contributed by atoms with Crippen LogP contribution in [0.4, 0.5) is 0 Å². The molecule has 0 aromatic heterocycles. The van der Waals surface area contributed by atoms with E-state index in [0.29, 0.717) is 0 Å². The van der Waals surface area contributed by atoms with Crippen LogP contribution in [0.2, 0.25) is 0 Å². The molecule has 0 aliphatic rings. The minimum Gasteiger partial charge on any atom is -0.259 e. The van der Waals surface area contributed by atoms with Gasteiger partial charge in [0.05, 0.1) is 4.92 Å². The average Bonchev–Trinajstić information content (AvgIpc) is 2.19. The number of allylic oxidation sites excluding steroid dienone is 3. The van der Waals surface area contributed by atoms with Crippen LogP contribution in [0.25, 0.3) is 6.08 Å². The maximum atomic E-state index is 10.2. The lowest BCUT2D eigenvalue weighted by atomic mass is 10.2. The molecule has 1 rings (SSSR count). The molecule has 72 valence electrons. The molecule has 0 N–H and O–H groups in total. The zero-order valence-electron chi connectivity index (χ0n) is 7.88. The van der Waals surface area contributed by atoms with Crippen molar-refractivity contribution < 1.29 is 4.92 Å². The Bertz CT molecular complexity index is 366. The molecule has 0 unspecified atom stereocenters. The fourth-order valence-electron chi connectivity index (χ4n) is 0.923. The summed E-state index contributed by atoms with van der Waals surface area (Å²) in [5.41, 5.74) is 1.16. The summed E-state index contributed by atoms with van der Waals surface area (Å²) in [6, 6.07) is 9.64. The first-order chi connectivity index (χ1) is 6.70. The van der Waals surface area contributed by atoms with Crippen LogP contribution in [0.15, 0.2) is 48.2 Å². The van der Waals surface area contributed by atoms with Crippen LogP contribution < -0.4 is 0 Å². The summed E-state index contributed by atoms with van der Waals surface area (Å²) in [5.74, 6) is 0. The van der Waals surface area contributed by atoms with Gasteiger partial charge in [-0.25, -0.2) is 0 Å². The van der Waals surface area contributed by atoms with Crippen LogP contribution in [0, 0.1) is 10.1 Å². The first-order valence-corrected chi connectivity index (χ1v) is 4.24. The number of hydrogen-bond donors (Lipinski definition) is 0. The monoisotopic (exact) mass is 189 g/mol. The molecule has 1 aromatic rings. The van der Waals surface area contributed by atoms with E-state index >= 15 is 0 Å². The highest BCUT2D eigenvalue weighted by atomic mass is 16.6. The Morgan fingerprint density at radius 1 is 1.36 bits per heavy atom. The van der Waals surface area contributed by atoms with Crippen molar-refractivity contribution in [2.24, 2.45) is 0 Å². The maximum absolute atomic E-state index is 10.2. The van der Waals surface area contributed by atoms with Crippen LogP contribution in [0.1, 0.15) is 12.5 Å². The van der Waals surface area contributed by atoms with Crippen molar-refractivity contribution in [1.82, 2.24) is 0 Å². The average molecular weight is 189 g/mol. The Morgan fingerprint density at radius 2 is 2.00 bits per heavy atom. The van der Waals surface area contributed by atoms with Gasteiger partial charge in [-0.05, 0) is 5.56 Å². The Hall–Kier alpha value is -1.90. The molecule has 0 atom stereocenters. The molecule has 14 heavy (non-hydrogen) atoms. The van der Waals surface area contributed by atoms with Gasteiger partial charge < -0.3 is 0 Å². The maximum Gasteiger partial charge on any atom is 0.243 e. The molecule has 1 aromatic carbocycles. The first-order valence-electron chi connectivity index (χ1n) is 4.24. The van der Waals surface area contributed by atoms with Gasteiger partial charge in [0, 0.05) is 13.0 Å². The van der Waals surface area contributed by atoms with Gasteiger partial charge in [0.1, 0.15) is 0 Å². The molecular formula is C11H11NO2. The van der Waals surface area contributed by atoms with E-state index in [1.165, 1.54) is 13.0 Å². The molecule has 0 saturated carbocycles. The SMILES string of the molecule is C/C(=C\C=C\c1ccccc1)[N+](=O)[O-]. The third-order valence-corrected chi connectivity index (χ3v) is 1.71. The molecular weight excluding hydrogens is 178 g/mol. The van der Waals surface area contributed by atoms with E-state index in [-0.39, 0.29) is 5.70 Å². The molecule has 0 aliphatic carbocycles. The van der Waals surface area contributed by atoms with Gasteiger partial charge >= 0.3 is 0 Å². The zero-order valence-corrected chi connectivity index (χ0v) is 7.88. The van der Waals surface area contributed by atoms with Crippen LogP contribution in [0.5, 0.6) is 0 Å². The van der Waals surface area contributed by atoms with Gasteiger partial charge in [-0.3, -0.25) is 10.1 Å². The van der Waals surface area contributed by atoms with Crippen molar-refractivity contribution in [2.75, 3.05) is 0 Å². The number of nitrogens with zero attached hydrogens (tertiary/aromatic N) is 1. The molecule has 3 nitrogen and oxygen atoms in total. The largest absolute Gasteiger partial charge is 0.259 e. The Morgan fingerprint density at radius 3 is 2.57 bits per heavy atom. The second-order valence-corrected chi connectivity index (χ2v) is 2.83. The van der Waals surface area contributed by atoms with Crippen LogP contribution in [0.3, 0.4) is 0 Å². The highest BCUT2D eigenvalue weighted by Gasteiger charge is 1.96. The minimum atomic E-state index is -0.407. The van der Waals surface area contributed by atoms with Crippen molar-refractivity contribution in [1.29, 1.82) is 0 Å². The van der Waals surface area contributed by atoms with Crippen LogP contribution in [-0.4, -0.2) is 4.92 Å². The van der Waals surface area contributed by atoms with Crippen molar-refractivity contribution in [3.63, 3.8) is 0 Å². The lowest BCUT2D eigenvalue weighted by Gasteiger charge is -1.89. The predicted octanol–water partition coefficient (Wildman–Crippen LogP) is 2.88. The molecule has 0 radical (unpaired) electrons. The lowest BCUT2D eigenvalue weighted by molar-refractivity contribution is -0.424. The van der Waals surface area contributed by atoms with Crippen LogP contribution >= 0.6 is 0 Å². The fourth-order valence-corrected chi connectivity index (χ4v) is 0.923. The van der Waals surface area contributed by atoms with Crippen molar-refractivity contribution in [3.05, 3.63) is 63.9 Å². The molecule has 3 heteroatoms. The number of benzene rings is 1. The highest BCUT2D eigenvalue weighted by Crippen LogP contribution is 2.02. The summed E-state index contributed by atoms with van der Waals surface area (Å²) in [6.07, 6.45) is 4.98. The van der Waals surface area contributed by atoms with Gasteiger partial charge in [0.2, 0.25) is 5.70 Å². The summed E-state index contributed by atoms with van der Waals surface area (Å²) in [6.45, 7) is 1.47. The topological polar surface area (TPSA) is 43.1 Å². The molecule has 0 fully saturated rings. The number of rotatable bonds is 3. The minimum absolute atomic E-state index is 0.136. The standard InChI is InChI=1S/C11H11NO2/c1-10(12(13)14)6-5-9-11-7-3-2-4-8-11/h2-9H,1H3/b9-5+,10-6+. The van der Waals surface area contributed by atoms with E-state index in [1.807, 2.05) is 36.4 Å². The Labute approximate surface area is 82.5 Å². The summed E-state index contributed by atoms with van der Waals surface area (Å²) < 4.78 is 0. The fraction of sp³-hybridized carbons (Fsp3) is 0.0909. The van der Waals surface area contributed by atoms with Crippen molar-refractivity contribution >= 4 is 6.08 Å². The summed E-state index contributed by atoms with van der Waals surface area (Å²) in [7, 11) is 0.